The van der Waals surface area contributed by atoms with Crippen LogP contribution in [-0.4, -0.2) is 75.6 Å². The first-order valence-electron chi connectivity index (χ1n) is 21.0. The summed E-state index contributed by atoms with van der Waals surface area (Å²) in [5.41, 5.74) is 0. The first kappa shape index (κ1) is 52.4. The maximum absolute atomic E-state index is 12.6. The van der Waals surface area contributed by atoms with Crippen molar-refractivity contribution in [1.29, 1.82) is 0 Å². The predicted octanol–water partition coefficient (Wildman–Crippen LogP) is 12.3. The van der Waals surface area contributed by atoms with E-state index in [2.05, 4.69) is 98.9 Å². The molecule has 8 nitrogen and oxygen atoms in total. The Bertz CT molecular complexity index is 1190. The third-order valence-corrected chi connectivity index (χ3v) is 9.16. The largest absolute Gasteiger partial charge is 0.472 e. The van der Waals surface area contributed by atoms with Crippen molar-refractivity contribution in [2.45, 2.75) is 136 Å². The van der Waals surface area contributed by atoms with E-state index in [1.54, 1.807) is 6.08 Å². The number of likely N-dealkylation sites (N-methyl/N-ethyl adjacent to an activating group) is 1. The highest BCUT2D eigenvalue weighted by atomic mass is 31.2. The molecule has 2 atom stereocenters. The van der Waals surface area contributed by atoms with E-state index >= 15 is 0 Å². The number of carbonyl (C=O) groups excluding carboxylic acids is 1. The number of allylic oxidation sites excluding steroid dienone is 15. The highest BCUT2D eigenvalue weighted by Gasteiger charge is 2.26. The first-order chi connectivity index (χ1) is 26.6. The van der Waals surface area contributed by atoms with Crippen LogP contribution in [0.2, 0.25) is 0 Å². The van der Waals surface area contributed by atoms with Crippen molar-refractivity contribution in [3.8, 4) is 0 Å². The van der Waals surface area contributed by atoms with E-state index in [4.69, 9.17) is 18.5 Å². The van der Waals surface area contributed by atoms with Crippen molar-refractivity contribution in [2.75, 3.05) is 54.1 Å². The van der Waals surface area contributed by atoms with Gasteiger partial charge in [-0.2, -0.15) is 0 Å². The summed E-state index contributed by atoms with van der Waals surface area (Å²) in [6.07, 6.45) is 51.9. The van der Waals surface area contributed by atoms with Crippen molar-refractivity contribution in [3.05, 3.63) is 97.2 Å². The molecule has 0 spiro atoms. The zero-order valence-electron chi connectivity index (χ0n) is 35.4. The van der Waals surface area contributed by atoms with Crippen LogP contribution in [0.5, 0.6) is 0 Å². The molecule has 0 bridgehead atoms. The molecule has 0 aromatic rings. The van der Waals surface area contributed by atoms with Crippen molar-refractivity contribution >= 4 is 13.8 Å². The minimum absolute atomic E-state index is 0.0649. The van der Waals surface area contributed by atoms with Crippen LogP contribution in [0.4, 0.5) is 0 Å². The lowest BCUT2D eigenvalue weighted by atomic mass is 10.1. The van der Waals surface area contributed by atoms with Gasteiger partial charge in [0.15, 0.2) is 0 Å². The van der Waals surface area contributed by atoms with E-state index in [0.717, 1.165) is 70.6 Å². The number of phosphoric ester groups is 1. The molecule has 0 aliphatic rings. The third kappa shape index (κ3) is 42.4. The molecular weight excluding hydrogens is 709 g/mol. The Morgan fingerprint density at radius 2 is 1.00 bits per heavy atom. The quantitative estimate of drug-likeness (QED) is 0.0220. The van der Waals surface area contributed by atoms with E-state index in [1.165, 1.54) is 32.1 Å². The van der Waals surface area contributed by atoms with E-state index in [9.17, 15) is 14.3 Å². The molecule has 2 unspecified atom stereocenters. The standard InChI is InChI=1S/C46H78NO7P/c1-6-8-10-12-14-16-18-20-22-23-24-26-28-30-32-34-36-38-41-51-43-45(44-53-55(49,50)52-42-40-47(3,4)5)54-46(48)39-37-35-33-31-29-27-25-21-19-17-15-13-11-9-7-2/h8-11,14-17,20-22,25,29,31,35,37,45H,6-7,12-13,18-19,23-24,26-28,30,32-34,36,38-44H2,1-5H3/p+1/b10-8-,11-9-,16-14-,17-15-,22-20-,25-21-,31-29-,37-35-. The Kier molecular flexibility index (Phi) is 36.5. The zero-order valence-corrected chi connectivity index (χ0v) is 36.3. The molecule has 0 aliphatic heterocycles. The van der Waals surface area contributed by atoms with Gasteiger partial charge in [-0.25, -0.2) is 4.57 Å². The van der Waals surface area contributed by atoms with Gasteiger partial charge in [0.2, 0.25) is 0 Å². The van der Waals surface area contributed by atoms with Crippen LogP contribution in [0.1, 0.15) is 129 Å². The molecule has 0 aromatic heterocycles. The number of unbranched alkanes of at least 4 members (excludes halogenated alkanes) is 8. The Labute approximate surface area is 337 Å². The fourth-order valence-corrected chi connectivity index (χ4v) is 5.73. The summed E-state index contributed by atoms with van der Waals surface area (Å²) in [5, 5.41) is 0. The molecule has 0 radical (unpaired) electrons. The van der Waals surface area contributed by atoms with Crippen molar-refractivity contribution in [3.63, 3.8) is 0 Å². The van der Waals surface area contributed by atoms with Gasteiger partial charge in [-0.1, -0.05) is 150 Å². The van der Waals surface area contributed by atoms with Gasteiger partial charge >= 0.3 is 13.8 Å². The van der Waals surface area contributed by atoms with Gasteiger partial charge in [-0.05, 0) is 70.6 Å². The summed E-state index contributed by atoms with van der Waals surface area (Å²) in [7, 11) is 1.59. The predicted molar refractivity (Wildman–Crippen MR) is 233 cm³/mol. The van der Waals surface area contributed by atoms with Gasteiger partial charge in [-0.15, -0.1) is 0 Å². The maximum Gasteiger partial charge on any atom is 0.472 e. The van der Waals surface area contributed by atoms with Crippen molar-refractivity contribution in [1.82, 2.24) is 0 Å². The highest BCUT2D eigenvalue weighted by molar-refractivity contribution is 7.47. The van der Waals surface area contributed by atoms with Crippen molar-refractivity contribution in [2.24, 2.45) is 0 Å². The first-order valence-corrected chi connectivity index (χ1v) is 22.5. The number of hydrogen-bond donors (Lipinski definition) is 1. The van der Waals surface area contributed by atoms with E-state index < -0.39 is 19.9 Å². The maximum atomic E-state index is 12.6. The molecule has 55 heavy (non-hydrogen) atoms. The summed E-state index contributed by atoms with van der Waals surface area (Å²) in [6, 6.07) is 0. The lowest BCUT2D eigenvalue weighted by Gasteiger charge is -2.24. The SMILES string of the molecule is CC/C=C\C/C=C\C/C=C\C/C=C\C/C=C\CC(=O)OC(COCCCCCCCCCC/C=C\C/C=C\C/C=C\CC)COP(=O)(O)OCC[N+](C)(C)C. The van der Waals surface area contributed by atoms with Gasteiger partial charge in [0, 0.05) is 6.61 Å². The second-order valence-electron chi connectivity index (χ2n) is 14.6. The van der Waals surface area contributed by atoms with Gasteiger partial charge < -0.3 is 18.9 Å². The molecule has 0 fully saturated rings. The van der Waals surface area contributed by atoms with Crippen LogP contribution in [0, 0.1) is 0 Å². The molecule has 0 aromatic carbocycles. The van der Waals surface area contributed by atoms with E-state index in [0.29, 0.717) is 24.1 Å². The van der Waals surface area contributed by atoms with Gasteiger partial charge in [0.05, 0.1) is 40.8 Å². The Morgan fingerprint density at radius 3 is 1.49 bits per heavy atom. The second kappa shape index (κ2) is 38.3. The minimum atomic E-state index is -4.31. The molecular formula is C46H79NO7P+. The number of carbonyl (C=O) groups is 1. The lowest BCUT2D eigenvalue weighted by Crippen LogP contribution is -2.37. The van der Waals surface area contributed by atoms with Gasteiger partial charge in [0.25, 0.3) is 0 Å². The molecule has 314 valence electrons. The smallest absolute Gasteiger partial charge is 0.457 e. The van der Waals surface area contributed by atoms with Crippen LogP contribution in [0.15, 0.2) is 97.2 Å². The molecule has 0 heterocycles. The van der Waals surface area contributed by atoms with Crippen LogP contribution in [-0.2, 0) is 27.9 Å². The van der Waals surface area contributed by atoms with Crippen LogP contribution < -0.4 is 0 Å². The van der Waals surface area contributed by atoms with Crippen LogP contribution in [0.3, 0.4) is 0 Å². The number of esters is 1. The van der Waals surface area contributed by atoms with E-state index in [-0.39, 0.29) is 26.2 Å². The fourth-order valence-electron chi connectivity index (χ4n) is 4.99. The van der Waals surface area contributed by atoms with Crippen molar-refractivity contribution < 1.29 is 37.3 Å². The Morgan fingerprint density at radius 1 is 0.564 bits per heavy atom. The Hall–Kier alpha value is -2.58. The summed E-state index contributed by atoms with van der Waals surface area (Å²) >= 11 is 0. The summed E-state index contributed by atoms with van der Waals surface area (Å²) in [4.78, 5) is 22.8. The van der Waals surface area contributed by atoms with Crippen LogP contribution in [0.25, 0.3) is 0 Å². The molecule has 1 N–H and O–H groups in total. The Balaban J connectivity index is 4.41. The second-order valence-corrected chi connectivity index (χ2v) is 16.1. The molecule has 0 saturated heterocycles. The molecule has 9 heteroatoms. The highest BCUT2D eigenvalue weighted by Crippen LogP contribution is 2.43. The average Bonchev–Trinajstić information content (AvgIpc) is 3.13. The number of nitrogens with zero attached hydrogens (tertiary/aromatic N) is 1. The zero-order chi connectivity index (χ0) is 40.6. The van der Waals surface area contributed by atoms with Gasteiger partial charge in [0.1, 0.15) is 19.3 Å². The summed E-state index contributed by atoms with van der Waals surface area (Å²) < 4.78 is 34.8. The van der Waals surface area contributed by atoms with Crippen LogP contribution >= 0.6 is 7.82 Å². The minimum Gasteiger partial charge on any atom is -0.457 e. The topological polar surface area (TPSA) is 91.3 Å². The molecule has 0 aliphatic carbocycles. The summed E-state index contributed by atoms with van der Waals surface area (Å²) in [5.74, 6) is -0.448. The van der Waals surface area contributed by atoms with Gasteiger partial charge in [-0.3, -0.25) is 13.8 Å². The van der Waals surface area contributed by atoms with E-state index in [1.807, 2.05) is 27.2 Å². The molecule has 0 amide bonds. The number of phosphoric acid groups is 1. The molecule has 0 rings (SSSR count). The summed E-state index contributed by atoms with van der Waals surface area (Å²) in [6.45, 7) is 5.21. The average molecular weight is 789 g/mol. The lowest BCUT2D eigenvalue weighted by molar-refractivity contribution is -0.870. The monoisotopic (exact) mass is 789 g/mol. The number of ether oxygens (including phenoxy) is 2. The molecule has 0 saturated carbocycles. The number of quaternary nitrogens is 1. The fraction of sp³-hybridized carbons (Fsp3) is 0.630. The number of rotatable bonds is 37. The number of hydrogen-bond acceptors (Lipinski definition) is 6. The normalized spacial score (nSPS) is 14.8. The third-order valence-electron chi connectivity index (χ3n) is 8.17.